The van der Waals surface area contributed by atoms with Crippen LogP contribution in [0.25, 0.3) is 0 Å². The van der Waals surface area contributed by atoms with Crippen LogP contribution in [0.1, 0.15) is 20.7 Å². The largest absolute Gasteiger partial charge is 0.478 e. The Balaban J connectivity index is 2.63. The first kappa shape index (κ1) is 15.2. The van der Waals surface area contributed by atoms with Gasteiger partial charge in [-0.2, -0.15) is 0 Å². The lowest BCUT2D eigenvalue weighted by Gasteiger charge is -2.09. The maximum Gasteiger partial charge on any atom is 0.336 e. The van der Waals surface area contributed by atoms with Gasteiger partial charge in [-0.05, 0) is 30.3 Å². The van der Waals surface area contributed by atoms with Gasteiger partial charge in [-0.3, -0.25) is 0 Å². The number of carbonyl (C=O) groups is 2. The Hall–Kier alpha value is -2.18. The number of rotatable bonds is 4. The second-order valence-electron chi connectivity index (χ2n) is 4.02. The highest BCUT2D eigenvalue weighted by atomic mass is 35.5. The van der Waals surface area contributed by atoms with Crippen LogP contribution in [-0.2, 0) is 10.8 Å². The summed E-state index contributed by atoms with van der Waals surface area (Å²) < 4.78 is 12.6. The van der Waals surface area contributed by atoms with Crippen molar-refractivity contribution in [2.45, 2.75) is 9.79 Å². The highest BCUT2D eigenvalue weighted by molar-refractivity contribution is 7.85. The molecule has 1 unspecified atom stereocenters. The van der Waals surface area contributed by atoms with Crippen molar-refractivity contribution >= 4 is 34.3 Å². The van der Waals surface area contributed by atoms with E-state index in [1.807, 2.05) is 0 Å². The van der Waals surface area contributed by atoms with E-state index in [-0.39, 0.29) is 25.9 Å². The monoisotopic (exact) mass is 324 g/mol. The normalized spacial score (nSPS) is 11.9. The number of benzene rings is 2. The summed E-state index contributed by atoms with van der Waals surface area (Å²) in [5, 5.41) is 18.5. The summed E-state index contributed by atoms with van der Waals surface area (Å²) >= 11 is 5.81. The lowest BCUT2D eigenvalue weighted by Crippen LogP contribution is -2.08. The predicted molar refractivity (Wildman–Crippen MR) is 76.5 cm³/mol. The van der Waals surface area contributed by atoms with E-state index in [2.05, 4.69) is 0 Å². The molecule has 2 N–H and O–H groups in total. The number of halogens is 1. The van der Waals surface area contributed by atoms with Gasteiger partial charge >= 0.3 is 11.9 Å². The van der Waals surface area contributed by atoms with Crippen molar-refractivity contribution in [1.82, 2.24) is 0 Å². The molecule has 0 heterocycles. The van der Waals surface area contributed by atoms with Crippen LogP contribution in [0.5, 0.6) is 0 Å². The molecule has 2 aromatic rings. The quantitative estimate of drug-likeness (QED) is 0.902. The minimum atomic E-state index is -1.97. The molecule has 0 spiro atoms. The second kappa shape index (κ2) is 6.07. The van der Waals surface area contributed by atoms with Crippen LogP contribution >= 0.6 is 11.6 Å². The van der Waals surface area contributed by atoms with E-state index >= 15 is 0 Å². The molecule has 108 valence electrons. The SMILES string of the molecule is O=C(O)c1ccccc1S(=O)c1cc(Cl)ccc1C(=O)O. The third kappa shape index (κ3) is 3.12. The lowest BCUT2D eigenvalue weighted by atomic mass is 10.2. The maximum atomic E-state index is 12.6. The molecule has 0 aromatic heterocycles. The molecule has 0 amide bonds. The van der Waals surface area contributed by atoms with Crippen LogP contribution in [0, 0.1) is 0 Å². The Morgan fingerprint density at radius 1 is 0.905 bits per heavy atom. The van der Waals surface area contributed by atoms with E-state index < -0.39 is 22.7 Å². The number of hydrogen-bond acceptors (Lipinski definition) is 3. The van der Waals surface area contributed by atoms with Crippen LogP contribution in [0.3, 0.4) is 0 Å². The third-order valence-corrected chi connectivity index (χ3v) is 4.42. The van der Waals surface area contributed by atoms with Crippen LogP contribution < -0.4 is 0 Å². The number of carboxylic acids is 2. The molecule has 0 fully saturated rings. The lowest BCUT2D eigenvalue weighted by molar-refractivity contribution is 0.0683. The van der Waals surface area contributed by atoms with Gasteiger partial charge < -0.3 is 10.2 Å². The van der Waals surface area contributed by atoms with Crippen molar-refractivity contribution in [3.05, 3.63) is 58.6 Å². The summed E-state index contributed by atoms with van der Waals surface area (Å²) in [6.45, 7) is 0. The maximum absolute atomic E-state index is 12.6. The van der Waals surface area contributed by atoms with Crippen molar-refractivity contribution < 1.29 is 24.0 Å². The van der Waals surface area contributed by atoms with E-state index in [4.69, 9.17) is 21.8 Å². The molecule has 0 aliphatic carbocycles. The van der Waals surface area contributed by atoms with E-state index in [0.29, 0.717) is 0 Å². The van der Waals surface area contributed by atoms with E-state index in [0.717, 1.165) is 0 Å². The topological polar surface area (TPSA) is 91.7 Å². The van der Waals surface area contributed by atoms with Gasteiger partial charge in [0.15, 0.2) is 0 Å². The number of carboxylic acid groups (broad SMARTS) is 2. The molecule has 7 heteroatoms. The average Bonchev–Trinajstić information content (AvgIpc) is 2.46. The third-order valence-electron chi connectivity index (χ3n) is 2.69. The first-order valence-corrected chi connectivity index (χ1v) is 7.21. The van der Waals surface area contributed by atoms with E-state index in [9.17, 15) is 13.8 Å². The molecule has 0 saturated heterocycles. The summed E-state index contributed by atoms with van der Waals surface area (Å²) in [4.78, 5) is 22.3. The van der Waals surface area contributed by atoms with Crippen molar-refractivity contribution in [1.29, 1.82) is 0 Å². The van der Waals surface area contributed by atoms with Crippen molar-refractivity contribution in [2.24, 2.45) is 0 Å². The smallest absolute Gasteiger partial charge is 0.336 e. The standard InChI is InChI=1S/C14H9ClO5S/c15-8-5-6-10(14(18)19)12(7-8)21(20)11-4-2-1-3-9(11)13(16)17/h1-7H,(H,16,17)(H,18,19). The highest BCUT2D eigenvalue weighted by Crippen LogP contribution is 2.26. The summed E-state index contributed by atoms with van der Waals surface area (Å²) in [6, 6.07) is 9.59. The zero-order chi connectivity index (χ0) is 15.6. The Labute approximate surface area is 127 Å². The first-order valence-electron chi connectivity index (χ1n) is 5.68. The van der Waals surface area contributed by atoms with Crippen LogP contribution in [0.4, 0.5) is 0 Å². The summed E-state index contributed by atoms with van der Waals surface area (Å²) in [5.41, 5.74) is -0.329. The fourth-order valence-electron chi connectivity index (χ4n) is 1.75. The fourth-order valence-corrected chi connectivity index (χ4v) is 3.37. The Morgan fingerprint density at radius 3 is 2.10 bits per heavy atom. The predicted octanol–water partition coefficient (Wildman–Crippen LogP) is 2.90. The fraction of sp³-hybridized carbons (Fsp3) is 0. The molecule has 0 bridgehead atoms. The minimum Gasteiger partial charge on any atom is -0.478 e. The van der Waals surface area contributed by atoms with Crippen LogP contribution in [0.15, 0.2) is 52.3 Å². The number of aromatic carboxylic acids is 2. The van der Waals surface area contributed by atoms with Gasteiger partial charge in [0.1, 0.15) is 0 Å². The second-order valence-corrected chi connectivity index (χ2v) is 5.87. The first-order chi connectivity index (χ1) is 9.91. The van der Waals surface area contributed by atoms with Crippen molar-refractivity contribution in [2.75, 3.05) is 0 Å². The number of hydrogen-bond donors (Lipinski definition) is 2. The summed E-state index contributed by atoms with van der Waals surface area (Å²) in [7, 11) is -1.97. The van der Waals surface area contributed by atoms with Crippen LogP contribution in [0.2, 0.25) is 5.02 Å². The highest BCUT2D eigenvalue weighted by Gasteiger charge is 2.21. The molecule has 0 radical (unpaired) electrons. The van der Waals surface area contributed by atoms with Gasteiger partial charge in [0.05, 0.1) is 31.7 Å². The van der Waals surface area contributed by atoms with Gasteiger partial charge in [0.25, 0.3) is 0 Å². The molecule has 0 saturated carbocycles. The average molecular weight is 325 g/mol. The molecule has 2 aromatic carbocycles. The zero-order valence-electron chi connectivity index (χ0n) is 10.4. The molecular formula is C14H9ClO5S. The zero-order valence-corrected chi connectivity index (χ0v) is 12.0. The molecule has 5 nitrogen and oxygen atoms in total. The molecular weight excluding hydrogens is 316 g/mol. The summed E-state index contributed by atoms with van der Waals surface area (Å²) in [5.74, 6) is -2.50. The molecule has 0 aliphatic heterocycles. The Kier molecular flexibility index (Phi) is 4.40. The van der Waals surface area contributed by atoms with Gasteiger partial charge in [-0.25, -0.2) is 13.8 Å². The Morgan fingerprint density at radius 2 is 1.48 bits per heavy atom. The van der Waals surface area contributed by atoms with Gasteiger partial charge in [0, 0.05) is 5.02 Å². The molecule has 21 heavy (non-hydrogen) atoms. The molecule has 0 aliphatic rings. The van der Waals surface area contributed by atoms with Gasteiger partial charge in [0.2, 0.25) is 0 Å². The van der Waals surface area contributed by atoms with E-state index in [1.165, 1.54) is 42.5 Å². The Bertz CT molecular complexity index is 757. The molecule has 2 rings (SSSR count). The van der Waals surface area contributed by atoms with Crippen molar-refractivity contribution in [3.8, 4) is 0 Å². The van der Waals surface area contributed by atoms with Gasteiger partial charge in [-0.1, -0.05) is 23.7 Å². The molecule has 1 atom stereocenters. The van der Waals surface area contributed by atoms with Crippen LogP contribution in [-0.4, -0.2) is 26.4 Å². The van der Waals surface area contributed by atoms with Crippen molar-refractivity contribution in [3.63, 3.8) is 0 Å². The summed E-state index contributed by atoms with van der Waals surface area (Å²) in [6.07, 6.45) is 0. The van der Waals surface area contributed by atoms with E-state index in [1.54, 1.807) is 0 Å². The van der Waals surface area contributed by atoms with Gasteiger partial charge in [-0.15, -0.1) is 0 Å². The minimum absolute atomic E-state index is 0.0229.